The van der Waals surface area contributed by atoms with Gasteiger partial charge in [0, 0.05) is 12.4 Å². The molecule has 0 bridgehead atoms. The molecule has 3 aromatic rings. The van der Waals surface area contributed by atoms with E-state index in [4.69, 9.17) is 9.05 Å². The molecule has 0 aromatic carbocycles. The molecule has 3 rings (SSSR count). The first kappa shape index (κ1) is 31.3. The van der Waals surface area contributed by atoms with Crippen molar-refractivity contribution in [1.82, 2.24) is 15.0 Å². The van der Waals surface area contributed by atoms with Crippen molar-refractivity contribution in [2.24, 2.45) is 0 Å². The maximum Gasteiger partial charge on any atom is 3.00 e. The van der Waals surface area contributed by atoms with Gasteiger partial charge in [0.05, 0.1) is 41.3 Å². The van der Waals surface area contributed by atoms with E-state index in [0.717, 1.165) is 0 Å². The number of nitrogens with zero attached hydrogens (tertiary/aromatic N) is 3. The van der Waals surface area contributed by atoms with Gasteiger partial charge in [-0.1, -0.05) is 12.1 Å². The van der Waals surface area contributed by atoms with Gasteiger partial charge in [0.2, 0.25) is 0 Å². The summed E-state index contributed by atoms with van der Waals surface area (Å²) in [6, 6.07) is 14.5. The maximum atomic E-state index is 13.3. The standard InChI is InChI=1S/C19H20N3O3P.3ClH.Ru/c1-3-24-26(23,25-4-2)15-13-18(16-9-5-7-11-20-16)22-19(14-15)17-10-6-8-12-21-17;;;;/h5-14H,3-4H2,1-2H3;3*1H;/q;;;;+3/p-3. The molecule has 11 heteroatoms. The van der Waals surface area contributed by atoms with Crippen molar-refractivity contribution in [1.29, 1.82) is 0 Å². The topological polar surface area (TPSA) is 74.2 Å². The third-order valence-corrected chi connectivity index (χ3v) is 5.67. The van der Waals surface area contributed by atoms with Crippen molar-refractivity contribution in [3.05, 3.63) is 60.9 Å². The van der Waals surface area contributed by atoms with Crippen LogP contribution in [-0.4, -0.2) is 28.2 Å². The molecule has 0 atom stereocenters. The fourth-order valence-electron chi connectivity index (χ4n) is 2.49. The van der Waals surface area contributed by atoms with Gasteiger partial charge in [-0.25, -0.2) is 4.98 Å². The quantitative estimate of drug-likeness (QED) is 0.208. The minimum Gasteiger partial charge on any atom is -1.00 e. The van der Waals surface area contributed by atoms with Gasteiger partial charge in [0.1, 0.15) is 0 Å². The second-order valence-electron chi connectivity index (χ2n) is 5.36. The van der Waals surface area contributed by atoms with E-state index in [1.54, 1.807) is 38.4 Å². The second-order valence-corrected chi connectivity index (χ2v) is 7.39. The average Bonchev–Trinajstić information content (AvgIpc) is 2.69. The Bertz CT molecular complexity index is 857. The van der Waals surface area contributed by atoms with Crippen LogP contribution in [0.1, 0.15) is 13.8 Å². The third-order valence-electron chi connectivity index (χ3n) is 3.58. The fourth-order valence-corrected chi connectivity index (χ4v) is 4.10. The zero-order chi connectivity index (χ0) is 18.4. The van der Waals surface area contributed by atoms with Gasteiger partial charge in [-0.05, 0) is 50.2 Å². The molecule has 0 aliphatic rings. The molecule has 30 heavy (non-hydrogen) atoms. The Morgan fingerprint density at radius 2 is 1.20 bits per heavy atom. The van der Waals surface area contributed by atoms with E-state index >= 15 is 0 Å². The van der Waals surface area contributed by atoms with Crippen molar-refractivity contribution < 1.29 is 70.3 Å². The molecule has 0 unspecified atom stereocenters. The van der Waals surface area contributed by atoms with Crippen LogP contribution in [0.25, 0.3) is 22.8 Å². The predicted octanol–water partition coefficient (Wildman–Crippen LogP) is -4.89. The monoisotopic (exact) mass is 576 g/mol. The Morgan fingerprint density at radius 3 is 1.53 bits per heavy atom. The van der Waals surface area contributed by atoms with Gasteiger partial charge in [-0.15, -0.1) is 0 Å². The van der Waals surface area contributed by atoms with E-state index in [2.05, 4.69) is 15.0 Å². The Morgan fingerprint density at radius 1 is 0.767 bits per heavy atom. The van der Waals surface area contributed by atoms with Crippen molar-refractivity contribution in [3.8, 4) is 22.8 Å². The van der Waals surface area contributed by atoms with Crippen LogP contribution < -0.4 is 42.5 Å². The smallest absolute Gasteiger partial charge is 1.00 e. The summed E-state index contributed by atoms with van der Waals surface area (Å²) in [4.78, 5) is 13.3. The number of pyridine rings is 3. The van der Waals surface area contributed by atoms with Gasteiger partial charge in [0.15, 0.2) is 0 Å². The van der Waals surface area contributed by atoms with Gasteiger partial charge >= 0.3 is 27.1 Å². The molecule has 0 saturated carbocycles. The van der Waals surface area contributed by atoms with Crippen molar-refractivity contribution >= 4 is 12.9 Å². The third kappa shape index (κ3) is 7.65. The van der Waals surface area contributed by atoms with Gasteiger partial charge in [0.25, 0.3) is 0 Å². The summed E-state index contributed by atoms with van der Waals surface area (Å²) < 4.78 is 24.3. The molecule has 0 amide bonds. The van der Waals surface area contributed by atoms with Gasteiger partial charge in [-0.2, -0.15) is 0 Å². The first-order valence-corrected chi connectivity index (χ1v) is 9.95. The van der Waals surface area contributed by atoms with E-state index in [1.807, 2.05) is 36.4 Å². The number of rotatable bonds is 7. The number of aromatic nitrogens is 3. The molecule has 3 heterocycles. The molecule has 0 N–H and O–H groups in total. The summed E-state index contributed by atoms with van der Waals surface area (Å²) in [6.45, 7) is 4.12. The first-order chi connectivity index (χ1) is 12.7. The summed E-state index contributed by atoms with van der Waals surface area (Å²) in [7, 11) is -3.46. The summed E-state index contributed by atoms with van der Waals surface area (Å²) in [5.74, 6) is 0. The van der Waals surface area contributed by atoms with Gasteiger partial charge in [-0.3, -0.25) is 14.5 Å². The van der Waals surface area contributed by atoms with E-state index in [0.29, 0.717) is 28.1 Å². The normalized spacial score (nSPS) is 9.93. The zero-order valence-electron chi connectivity index (χ0n) is 16.2. The Balaban J connectivity index is 0. The van der Waals surface area contributed by atoms with Crippen molar-refractivity contribution in [2.45, 2.75) is 13.8 Å². The van der Waals surface area contributed by atoms with Crippen LogP contribution in [0.3, 0.4) is 0 Å². The van der Waals surface area contributed by atoms with Crippen LogP contribution in [0.4, 0.5) is 0 Å². The van der Waals surface area contributed by atoms with Crippen LogP contribution in [0.2, 0.25) is 0 Å². The molecule has 0 fully saturated rings. The molecule has 0 aliphatic carbocycles. The zero-order valence-corrected chi connectivity index (χ0v) is 21.1. The second kappa shape index (κ2) is 15.0. The molecule has 3 aromatic heterocycles. The fraction of sp³-hybridized carbons (Fsp3) is 0.211. The van der Waals surface area contributed by atoms with E-state index in [9.17, 15) is 4.57 Å². The molecular formula is C19H20Cl3N3O3PRu. The van der Waals surface area contributed by atoms with E-state index in [1.165, 1.54) is 0 Å². The van der Waals surface area contributed by atoms with Crippen LogP contribution in [0.15, 0.2) is 60.9 Å². The molecule has 6 nitrogen and oxygen atoms in total. The maximum absolute atomic E-state index is 13.3. The Hall–Kier alpha value is -0.907. The van der Waals surface area contributed by atoms with Crippen LogP contribution in [-0.2, 0) is 33.1 Å². The average molecular weight is 577 g/mol. The van der Waals surface area contributed by atoms with Crippen LogP contribution in [0.5, 0.6) is 0 Å². The number of hydrogen-bond donors (Lipinski definition) is 0. The van der Waals surface area contributed by atoms with Crippen molar-refractivity contribution in [2.75, 3.05) is 13.2 Å². The minimum absolute atomic E-state index is 0. The summed E-state index contributed by atoms with van der Waals surface area (Å²) in [5.41, 5.74) is 2.52. The molecule has 0 spiro atoms. The van der Waals surface area contributed by atoms with E-state index in [-0.39, 0.29) is 69.9 Å². The SMILES string of the molecule is CCOP(=O)(OCC)c1cc(-c2ccccn2)nc(-c2ccccn2)c1.[Cl-].[Cl-].[Cl-].[Ru+3]. The molecular weight excluding hydrogens is 557 g/mol. The van der Waals surface area contributed by atoms with Crippen molar-refractivity contribution in [3.63, 3.8) is 0 Å². The van der Waals surface area contributed by atoms with Gasteiger partial charge < -0.3 is 46.3 Å². The molecule has 0 saturated heterocycles. The van der Waals surface area contributed by atoms with E-state index < -0.39 is 7.60 Å². The number of halogens is 3. The largest absolute Gasteiger partial charge is 3.00 e. The Labute approximate surface area is 208 Å². The summed E-state index contributed by atoms with van der Waals surface area (Å²) in [5, 5.41) is 0.442. The first-order valence-electron chi connectivity index (χ1n) is 8.41. The Kier molecular flexibility index (Phi) is 15.6. The molecule has 163 valence electrons. The summed E-state index contributed by atoms with van der Waals surface area (Å²) >= 11 is 0. The van der Waals surface area contributed by atoms with Crippen LogP contribution >= 0.6 is 7.60 Å². The number of hydrogen-bond acceptors (Lipinski definition) is 6. The summed E-state index contributed by atoms with van der Waals surface area (Å²) in [6.07, 6.45) is 3.38. The molecule has 1 radical (unpaired) electrons. The molecule has 0 aliphatic heterocycles. The predicted molar refractivity (Wildman–Crippen MR) is 101 cm³/mol. The minimum atomic E-state index is -3.46. The van der Waals surface area contributed by atoms with Crippen LogP contribution in [0, 0.1) is 0 Å².